The van der Waals surface area contributed by atoms with Gasteiger partial charge in [-0.25, -0.2) is 0 Å². The van der Waals surface area contributed by atoms with Crippen LogP contribution in [0, 0.1) is 0 Å². The number of hydrogen-bond acceptors (Lipinski definition) is 2. The van der Waals surface area contributed by atoms with Gasteiger partial charge in [0.05, 0.1) is 13.2 Å². The minimum absolute atomic E-state index is 0.770. The highest BCUT2D eigenvalue weighted by molar-refractivity contribution is 6.73. The number of ether oxygens (including phenoxy) is 1. The van der Waals surface area contributed by atoms with Gasteiger partial charge in [-0.1, -0.05) is 367 Å². The minimum atomic E-state index is -1.74. The zero-order chi connectivity index (χ0) is 47.6. The van der Waals surface area contributed by atoms with Crippen molar-refractivity contribution in [3.63, 3.8) is 0 Å². The van der Waals surface area contributed by atoms with Gasteiger partial charge >= 0.3 is 0 Å². The summed E-state index contributed by atoms with van der Waals surface area (Å²) in [6.45, 7) is 8.56. The van der Waals surface area contributed by atoms with Crippen molar-refractivity contribution in [3.05, 3.63) is 0 Å². The van der Waals surface area contributed by atoms with Gasteiger partial charge in [0.15, 0.2) is 8.32 Å². The zero-order valence-corrected chi connectivity index (χ0v) is 48.0. The lowest BCUT2D eigenvalue weighted by Crippen LogP contribution is -2.39. The first kappa shape index (κ1) is 66.1. The highest BCUT2D eigenvalue weighted by Gasteiger charge is 2.33. The molecule has 0 fully saturated rings. The Kier molecular flexibility index (Phi) is 59.6. The first-order valence-electron chi connectivity index (χ1n) is 31.9. The summed E-state index contributed by atoms with van der Waals surface area (Å²) in [5, 5.41) is 0. The molecule has 0 atom stereocenters. The topological polar surface area (TPSA) is 18.5 Å². The van der Waals surface area contributed by atoms with E-state index in [1.54, 1.807) is 0 Å². The van der Waals surface area contributed by atoms with Crippen LogP contribution in [0.25, 0.3) is 0 Å². The Hall–Kier alpha value is 0.137. The number of unbranched alkanes of at least 4 members (excludes halogenated alkanes) is 51. The second kappa shape index (κ2) is 59.4. The summed E-state index contributed by atoms with van der Waals surface area (Å²) in [7, 11) is 0.115. The van der Waals surface area contributed by atoms with Gasteiger partial charge in [0.2, 0.25) is 0 Å². The van der Waals surface area contributed by atoms with Crippen LogP contribution in [-0.2, 0) is 9.16 Å². The Morgan fingerprint density at radius 2 is 0.348 bits per heavy atom. The molecular formula is C63H130O2Si. The van der Waals surface area contributed by atoms with E-state index in [2.05, 4.69) is 20.8 Å². The molecule has 0 aromatic rings. The van der Waals surface area contributed by atoms with Crippen LogP contribution in [0.15, 0.2) is 0 Å². The molecule has 0 aromatic heterocycles. The van der Waals surface area contributed by atoms with E-state index < -0.39 is 8.32 Å². The van der Waals surface area contributed by atoms with Crippen LogP contribution in [0.3, 0.4) is 0 Å². The minimum Gasteiger partial charge on any atom is -0.414 e. The fourth-order valence-electron chi connectivity index (χ4n) is 11.0. The summed E-state index contributed by atoms with van der Waals surface area (Å²) in [4.78, 5) is 0. The third-order valence-corrected chi connectivity index (χ3v) is 20.3. The third kappa shape index (κ3) is 53.5. The van der Waals surface area contributed by atoms with Crippen LogP contribution < -0.4 is 0 Å². The third-order valence-electron chi connectivity index (χ3n) is 15.7. The summed E-state index contributed by atoms with van der Waals surface area (Å²) in [6, 6.07) is 4.23. The summed E-state index contributed by atoms with van der Waals surface area (Å²) in [6.07, 6.45) is 78.6. The van der Waals surface area contributed by atoms with Gasteiger partial charge in [0, 0.05) is 7.11 Å². The predicted molar refractivity (Wildman–Crippen MR) is 304 cm³/mol. The van der Waals surface area contributed by atoms with Crippen molar-refractivity contribution in [2.45, 2.75) is 386 Å². The van der Waals surface area contributed by atoms with Crippen LogP contribution in [0.4, 0.5) is 0 Å². The van der Waals surface area contributed by atoms with Gasteiger partial charge in [0.25, 0.3) is 0 Å². The van der Waals surface area contributed by atoms with E-state index >= 15 is 0 Å². The van der Waals surface area contributed by atoms with Crippen molar-refractivity contribution in [1.82, 2.24) is 0 Å². The standard InChI is InChI=1S/C63H130O2Si/c1-5-8-11-14-17-20-23-26-29-32-35-38-41-44-47-50-53-56-61-66(65-60-59-64-4,62-57-54-51-48-45-42-39-36-33-30-27-24-21-18-15-12-9-6-2)63-58-55-52-49-46-43-40-37-34-31-28-25-22-19-16-13-10-7-3/h5-63H2,1-4H3. The summed E-state index contributed by atoms with van der Waals surface area (Å²) < 4.78 is 12.6. The molecule has 0 saturated carbocycles. The molecule has 2 nitrogen and oxygen atoms in total. The van der Waals surface area contributed by atoms with E-state index in [4.69, 9.17) is 9.16 Å². The Balaban J connectivity index is 4.46. The molecule has 0 bridgehead atoms. The molecule has 0 aliphatic carbocycles. The largest absolute Gasteiger partial charge is 0.414 e. The molecule has 0 aromatic carbocycles. The molecule has 0 N–H and O–H groups in total. The normalized spacial score (nSPS) is 12.0. The van der Waals surface area contributed by atoms with Gasteiger partial charge in [-0.15, -0.1) is 0 Å². The molecule has 0 amide bonds. The van der Waals surface area contributed by atoms with Crippen LogP contribution in [0.2, 0.25) is 18.1 Å². The number of hydrogen-bond donors (Lipinski definition) is 0. The van der Waals surface area contributed by atoms with Gasteiger partial charge < -0.3 is 9.16 Å². The molecule has 3 heteroatoms. The molecule has 0 spiro atoms. The smallest absolute Gasteiger partial charge is 0.192 e. The summed E-state index contributed by atoms with van der Waals surface area (Å²) in [5.41, 5.74) is 0. The van der Waals surface area contributed by atoms with E-state index in [9.17, 15) is 0 Å². The van der Waals surface area contributed by atoms with E-state index in [0.29, 0.717) is 0 Å². The van der Waals surface area contributed by atoms with Crippen molar-refractivity contribution in [2.75, 3.05) is 20.3 Å². The number of rotatable bonds is 61. The van der Waals surface area contributed by atoms with E-state index in [0.717, 1.165) is 13.2 Å². The van der Waals surface area contributed by atoms with Crippen molar-refractivity contribution >= 4 is 8.32 Å². The molecule has 0 rings (SSSR count). The van der Waals surface area contributed by atoms with Crippen LogP contribution >= 0.6 is 0 Å². The monoisotopic (exact) mass is 947 g/mol. The highest BCUT2D eigenvalue weighted by Crippen LogP contribution is 2.32. The lowest BCUT2D eigenvalue weighted by Gasteiger charge is -2.32. The molecule has 0 heterocycles. The number of methoxy groups -OCH3 is 1. The Bertz CT molecular complexity index is 733. The molecule has 0 radical (unpaired) electrons. The van der Waals surface area contributed by atoms with Gasteiger partial charge in [-0.05, 0) is 18.1 Å². The lowest BCUT2D eigenvalue weighted by atomic mass is 10.0. The van der Waals surface area contributed by atoms with Gasteiger partial charge in [-0.2, -0.15) is 0 Å². The quantitative estimate of drug-likeness (QED) is 0.0447. The molecule has 398 valence electrons. The average molecular weight is 948 g/mol. The Labute approximate surface area is 421 Å². The second-order valence-electron chi connectivity index (χ2n) is 22.3. The average Bonchev–Trinajstić information content (AvgIpc) is 3.33. The fourth-order valence-corrected chi connectivity index (χ4v) is 15.4. The first-order chi connectivity index (χ1) is 32.7. The Morgan fingerprint density at radius 3 is 0.500 bits per heavy atom. The predicted octanol–water partition coefficient (Wildman–Crippen LogP) is 23.7. The zero-order valence-electron chi connectivity index (χ0n) is 47.0. The summed E-state index contributed by atoms with van der Waals surface area (Å²) in [5.74, 6) is 0. The highest BCUT2D eigenvalue weighted by atomic mass is 28.4. The maximum Gasteiger partial charge on any atom is 0.192 e. The van der Waals surface area contributed by atoms with Crippen LogP contribution in [0.1, 0.15) is 367 Å². The first-order valence-corrected chi connectivity index (χ1v) is 34.4. The second-order valence-corrected chi connectivity index (χ2v) is 26.5. The van der Waals surface area contributed by atoms with E-state index in [-0.39, 0.29) is 0 Å². The summed E-state index contributed by atoms with van der Waals surface area (Å²) >= 11 is 0. The molecule has 0 unspecified atom stereocenters. The molecule has 0 aliphatic rings. The van der Waals surface area contributed by atoms with Gasteiger partial charge in [0.1, 0.15) is 0 Å². The van der Waals surface area contributed by atoms with E-state index in [1.165, 1.54) is 365 Å². The lowest BCUT2D eigenvalue weighted by molar-refractivity contribution is 0.140. The maximum absolute atomic E-state index is 7.08. The molecule has 0 saturated heterocycles. The maximum atomic E-state index is 7.08. The van der Waals surface area contributed by atoms with Crippen molar-refractivity contribution in [1.29, 1.82) is 0 Å². The molecule has 0 aliphatic heterocycles. The van der Waals surface area contributed by atoms with Crippen molar-refractivity contribution in [3.8, 4) is 0 Å². The van der Waals surface area contributed by atoms with Gasteiger partial charge in [-0.3, -0.25) is 0 Å². The van der Waals surface area contributed by atoms with Crippen LogP contribution in [0.5, 0.6) is 0 Å². The SMILES string of the molecule is CCCCCCCCCCCCCCCCCCCC[Si](CCCCCCCCCCCCCCCCCCCC)(CCCCCCCCCCCCCCCCCCCC)OCCOC. The molecule has 66 heavy (non-hydrogen) atoms. The van der Waals surface area contributed by atoms with E-state index in [1.807, 2.05) is 7.11 Å². The van der Waals surface area contributed by atoms with Crippen LogP contribution in [-0.4, -0.2) is 28.6 Å². The fraction of sp³-hybridized carbons (Fsp3) is 1.00. The van der Waals surface area contributed by atoms with Crippen molar-refractivity contribution < 1.29 is 9.16 Å². The van der Waals surface area contributed by atoms with Crippen molar-refractivity contribution in [2.24, 2.45) is 0 Å². The Morgan fingerprint density at radius 1 is 0.197 bits per heavy atom. The molecular weight excluding hydrogens is 817 g/mol.